The van der Waals surface area contributed by atoms with E-state index in [4.69, 9.17) is 16.3 Å². The van der Waals surface area contributed by atoms with Crippen molar-refractivity contribution in [1.29, 1.82) is 0 Å². The van der Waals surface area contributed by atoms with Crippen molar-refractivity contribution in [3.8, 4) is 0 Å². The molecule has 22 heavy (non-hydrogen) atoms. The molecule has 0 unspecified atom stereocenters. The highest BCUT2D eigenvalue weighted by Crippen LogP contribution is 2.17. The number of halogens is 1. The summed E-state index contributed by atoms with van der Waals surface area (Å²) in [5.74, 6) is -0.136. The van der Waals surface area contributed by atoms with Gasteiger partial charge in [-0.1, -0.05) is 54.1 Å². The number of amides is 1. The van der Waals surface area contributed by atoms with E-state index >= 15 is 0 Å². The number of nitrogens with one attached hydrogen (secondary N) is 1. The third-order valence-electron chi connectivity index (χ3n) is 3.42. The molecule has 2 rings (SSSR count). The fourth-order valence-electron chi connectivity index (χ4n) is 2.06. The molecule has 0 aliphatic heterocycles. The van der Waals surface area contributed by atoms with E-state index in [1.165, 1.54) is 0 Å². The van der Waals surface area contributed by atoms with Crippen molar-refractivity contribution in [2.75, 3.05) is 0 Å². The summed E-state index contributed by atoms with van der Waals surface area (Å²) < 4.78 is 5.61. The van der Waals surface area contributed by atoms with Crippen molar-refractivity contribution >= 4 is 17.5 Å². The second-order valence-electron chi connectivity index (χ2n) is 5.22. The van der Waals surface area contributed by atoms with Crippen LogP contribution in [0, 0.1) is 0 Å². The van der Waals surface area contributed by atoms with Gasteiger partial charge in [0.1, 0.15) is 6.10 Å². The highest BCUT2D eigenvalue weighted by atomic mass is 35.5. The van der Waals surface area contributed by atoms with Gasteiger partial charge in [-0.05, 0) is 37.1 Å². The lowest BCUT2D eigenvalue weighted by atomic mass is 10.1. The quantitative estimate of drug-likeness (QED) is 0.870. The van der Waals surface area contributed by atoms with Gasteiger partial charge in [0, 0.05) is 5.02 Å². The minimum atomic E-state index is -0.512. The van der Waals surface area contributed by atoms with Crippen molar-refractivity contribution in [2.45, 2.75) is 32.6 Å². The Morgan fingerprint density at radius 3 is 2.55 bits per heavy atom. The van der Waals surface area contributed by atoms with Crippen LogP contribution in [0.5, 0.6) is 0 Å². The lowest BCUT2D eigenvalue weighted by molar-refractivity contribution is -0.133. The average molecular weight is 318 g/mol. The van der Waals surface area contributed by atoms with Crippen LogP contribution in [-0.4, -0.2) is 12.0 Å². The molecule has 0 radical (unpaired) electrons. The lowest BCUT2D eigenvalue weighted by Gasteiger charge is -2.18. The number of carbonyl (C=O) groups is 1. The fourth-order valence-corrected chi connectivity index (χ4v) is 2.26. The summed E-state index contributed by atoms with van der Waals surface area (Å²) in [7, 11) is 0. The lowest BCUT2D eigenvalue weighted by Crippen LogP contribution is -2.36. The van der Waals surface area contributed by atoms with Crippen LogP contribution in [0.3, 0.4) is 0 Å². The first kappa shape index (κ1) is 16.5. The normalized spacial score (nSPS) is 13.4. The van der Waals surface area contributed by atoms with Crippen molar-refractivity contribution < 1.29 is 9.53 Å². The van der Waals surface area contributed by atoms with Crippen LogP contribution in [0.25, 0.3) is 0 Å². The van der Waals surface area contributed by atoms with Gasteiger partial charge in [-0.15, -0.1) is 0 Å². The van der Waals surface area contributed by atoms with Gasteiger partial charge in [-0.2, -0.15) is 0 Å². The predicted molar refractivity (Wildman–Crippen MR) is 88.7 cm³/mol. The Balaban J connectivity index is 1.85. The Morgan fingerprint density at radius 2 is 1.86 bits per heavy atom. The van der Waals surface area contributed by atoms with E-state index < -0.39 is 6.10 Å². The van der Waals surface area contributed by atoms with Crippen molar-refractivity contribution in [3.05, 3.63) is 70.7 Å². The molecule has 1 N–H and O–H groups in total. The van der Waals surface area contributed by atoms with Crippen LogP contribution in [0.4, 0.5) is 0 Å². The standard InChI is InChI=1S/C18H20ClNO2/c1-13(16-9-6-10-17(19)11-16)20-18(21)14(2)22-12-15-7-4-3-5-8-15/h3-11,13-14H,12H2,1-2H3,(H,20,21)/t13-,14-/m0/s1. The Morgan fingerprint density at radius 1 is 1.14 bits per heavy atom. The van der Waals surface area contributed by atoms with Crippen LogP contribution in [0.15, 0.2) is 54.6 Å². The molecule has 4 heteroatoms. The van der Waals surface area contributed by atoms with Gasteiger partial charge in [0.15, 0.2) is 0 Å². The number of rotatable bonds is 6. The molecule has 2 atom stereocenters. The fraction of sp³-hybridized carbons (Fsp3) is 0.278. The van der Waals surface area contributed by atoms with E-state index in [0.29, 0.717) is 11.6 Å². The summed E-state index contributed by atoms with van der Waals surface area (Å²) in [6, 6.07) is 17.1. The van der Waals surface area contributed by atoms with Gasteiger partial charge >= 0.3 is 0 Å². The van der Waals surface area contributed by atoms with Crippen LogP contribution >= 0.6 is 11.6 Å². The molecule has 0 spiro atoms. The molecule has 0 fully saturated rings. The second kappa shape index (κ2) is 7.97. The molecule has 0 aromatic heterocycles. The summed E-state index contributed by atoms with van der Waals surface area (Å²) in [5.41, 5.74) is 2.01. The maximum atomic E-state index is 12.2. The topological polar surface area (TPSA) is 38.3 Å². The third-order valence-corrected chi connectivity index (χ3v) is 3.65. The zero-order valence-corrected chi connectivity index (χ0v) is 13.5. The predicted octanol–water partition coefficient (Wildman–Crippen LogP) is 4.12. The zero-order valence-electron chi connectivity index (χ0n) is 12.8. The first-order valence-electron chi connectivity index (χ1n) is 7.27. The van der Waals surface area contributed by atoms with Gasteiger partial charge in [-0.25, -0.2) is 0 Å². The van der Waals surface area contributed by atoms with Crippen molar-refractivity contribution in [2.24, 2.45) is 0 Å². The largest absolute Gasteiger partial charge is 0.364 e. The highest BCUT2D eigenvalue weighted by molar-refractivity contribution is 6.30. The summed E-state index contributed by atoms with van der Waals surface area (Å²) in [5, 5.41) is 3.60. The molecule has 2 aromatic rings. The molecule has 0 heterocycles. The van der Waals surface area contributed by atoms with E-state index in [1.807, 2.05) is 61.5 Å². The van der Waals surface area contributed by atoms with Gasteiger partial charge < -0.3 is 10.1 Å². The average Bonchev–Trinajstić information content (AvgIpc) is 2.53. The molecule has 116 valence electrons. The number of hydrogen-bond acceptors (Lipinski definition) is 2. The van der Waals surface area contributed by atoms with E-state index in [-0.39, 0.29) is 11.9 Å². The number of benzene rings is 2. The summed E-state index contributed by atoms with van der Waals surface area (Å²) in [6.07, 6.45) is -0.512. The molecule has 0 bridgehead atoms. The highest BCUT2D eigenvalue weighted by Gasteiger charge is 2.16. The Hall–Kier alpha value is -1.84. The molecule has 1 amide bonds. The van der Waals surface area contributed by atoms with Gasteiger partial charge in [0.05, 0.1) is 12.6 Å². The summed E-state index contributed by atoms with van der Waals surface area (Å²) in [4.78, 5) is 12.2. The molecule has 0 saturated carbocycles. The summed E-state index contributed by atoms with van der Waals surface area (Å²) in [6.45, 7) is 4.09. The number of hydrogen-bond donors (Lipinski definition) is 1. The van der Waals surface area contributed by atoms with Crippen LogP contribution in [0.1, 0.15) is 31.0 Å². The molecule has 2 aromatic carbocycles. The smallest absolute Gasteiger partial charge is 0.249 e. The SMILES string of the molecule is C[C@H](OCc1ccccc1)C(=O)N[C@@H](C)c1cccc(Cl)c1. The Kier molecular flexibility index (Phi) is 5.99. The van der Waals surface area contributed by atoms with Gasteiger partial charge in [-0.3, -0.25) is 4.79 Å². The first-order valence-corrected chi connectivity index (χ1v) is 7.65. The van der Waals surface area contributed by atoms with E-state index in [9.17, 15) is 4.79 Å². The van der Waals surface area contributed by atoms with Crippen LogP contribution in [-0.2, 0) is 16.1 Å². The Labute approximate surface area is 136 Å². The van der Waals surface area contributed by atoms with E-state index in [1.54, 1.807) is 6.92 Å². The van der Waals surface area contributed by atoms with Crippen molar-refractivity contribution in [1.82, 2.24) is 5.32 Å². The first-order chi connectivity index (χ1) is 10.6. The van der Waals surface area contributed by atoms with Gasteiger partial charge in [0.2, 0.25) is 5.91 Å². The maximum absolute atomic E-state index is 12.2. The Bertz CT molecular complexity index is 615. The van der Waals surface area contributed by atoms with Gasteiger partial charge in [0.25, 0.3) is 0 Å². The monoisotopic (exact) mass is 317 g/mol. The van der Waals surface area contributed by atoms with E-state index in [2.05, 4.69) is 5.32 Å². The zero-order chi connectivity index (χ0) is 15.9. The minimum Gasteiger partial charge on any atom is -0.364 e. The van der Waals surface area contributed by atoms with E-state index in [0.717, 1.165) is 11.1 Å². The maximum Gasteiger partial charge on any atom is 0.249 e. The molecule has 0 aliphatic rings. The molecule has 0 aliphatic carbocycles. The molecule has 3 nitrogen and oxygen atoms in total. The minimum absolute atomic E-state index is 0.117. The molecular formula is C18H20ClNO2. The molecule has 0 saturated heterocycles. The molecular weight excluding hydrogens is 298 g/mol. The van der Waals surface area contributed by atoms with Crippen LogP contribution < -0.4 is 5.32 Å². The van der Waals surface area contributed by atoms with Crippen molar-refractivity contribution in [3.63, 3.8) is 0 Å². The summed E-state index contributed by atoms with van der Waals surface area (Å²) >= 11 is 5.97. The number of ether oxygens (including phenoxy) is 1. The second-order valence-corrected chi connectivity index (χ2v) is 5.66. The number of carbonyl (C=O) groups excluding carboxylic acids is 1. The third kappa shape index (κ3) is 4.86. The van der Waals surface area contributed by atoms with Crippen LogP contribution in [0.2, 0.25) is 5.02 Å².